The van der Waals surface area contributed by atoms with Crippen LogP contribution in [0.1, 0.15) is 24.0 Å². The molecule has 5 nitrogen and oxygen atoms in total. The van der Waals surface area contributed by atoms with Crippen LogP contribution < -0.4 is 10.7 Å². The number of hydrogen-bond donors (Lipinski definition) is 2. The highest BCUT2D eigenvalue weighted by atomic mass is 35.5. The zero-order valence-corrected chi connectivity index (χ0v) is 15.8. The van der Waals surface area contributed by atoms with E-state index < -0.39 is 23.6 Å². The quantitative estimate of drug-likeness (QED) is 0.491. The number of nitrogens with zero attached hydrogens (tertiary/aromatic N) is 1. The Morgan fingerprint density at radius 3 is 2.41 bits per heavy atom. The number of rotatable bonds is 7. The normalized spacial score (nSPS) is 11.7. The molecule has 0 unspecified atom stereocenters. The number of nitrogens with one attached hydrogen (secondary N) is 2. The molecular weight excluding hydrogens is 407 g/mol. The zero-order valence-electron chi connectivity index (χ0n) is 15.0. The minimum Gasteiger partial charge on any atom is -0.325 e. The second kappa shape index (κ2) is 10.4. The lowest BCUT2D eigenvalue weighted by atomic mass is 10.2. The first-order valence-corrected chi connectivity index (χ1v) is 8.84. The van der Waals surface area contributed by atoms with Crippen LogP contribution in [-0.4, -0.2) is 18.0 Å². The summed E-state index contributed by atoms with van der Waals surface area (Å²) in [5.74, 6) is -1.16. The monoisotopic (exact) mass is 423 g/mol. The van der Waals surface area contributed by atoms with Gasteiger partial charge in [-0.25, -0.2) is 5.43 Å². The minimum atomic E-state index is -4.56. The van der Waals surface area contributed by atoms with Gasteiger partial charge in [0.15, 0.2) is 0 Å². The van der Waals surface area contributed by atoms with Crippen molar-refractivity contribution in [2.75, 3.05) is 5.32 Å². The van der Waals surface area contributed by atoms with Crippen LogP contribution in [-0.2, 0) is 15.8 Å². The molecule has 0 aliphatic heterocycles. The predicted octanol–water partition coefficient (Wildman–Crippen LogP) is 4.89. The molecule has 0 aliphatic rings. The van der Waals surface area contributed by atoms with E-state index in [4.69, 9.17) is 11.6 Å². The van der Waals surface area contributed by atoms with Crippen LogP contribution in [0.5, 0.6) is 0 Å². The van der Waals surface area contributed by atoms with Crippen LogP contribution in [0.4, 0.5) is 18.9 Å². The first-order chi connectivity index (χ1) is 13.8. The van der Waals surface area contributed by atoms with Gasteiger partial charge in [0.2, 0.25) is 11.8 Å². The number of carbonyl (C=O) groups excluding carboxylic acids is 2. The molecule has 2 N–H and O–H groups in total. The molecule has 2 amide bonds. The van der Waals surface area contributed by atoms with Crippen LogP contribution in [0, 0.1) is 0 Å². The number of halogens is 4. The number of anilines is 1. The summed E-state index contributed by atoms with van der Waals surface area (Å²) in [5, 5.41) is 5.95. The Morgan fingerprint density at radius 1 is 1.03 bits per heavy atom. The Bertz CT molecular complexity index is 913. The molecule has 0 saturated carbocycles. The summed E-state index contributed by atoms with van der Waals surface area (Å²) in [6, 6.07) is 12.1. The number of carbonyl (C=O) groups is 2. The van der Waals surface area contributed by atoms with Crippen molar-refractivity contribution >= 4 is 41.4 Å². The van der Waals surface area contributed by atoms with Crippen LogP contribution in [0.2, 0.25) is 5.02 Å². The van der Waals surface area contributed by atoms with Crippen LogP contribution in [0.15, 0.2) is 59.7 Å². The molecule has 2 aromatic carbocycles. The highest BCUT2D eigenvalue weighted by Crippen LogP contribution is 2.33. The van der Waals surface area contributed by atoms with Gasteiger partial charge in [-0.2, -0.15) is 18.3 Å². The second-order valence-electron chi connectivity index (χ2n) is 5.82. The summed E-state index contributed by atoms with van der Waals surface area (Å²) in [6.07, 6.45) is -0.180. The van der Waals surface area contributed by atoms with Gasteiger partial charge < -0.3 is 5.32 Å². The molecule has 9 heteroatoms. The molecule has 2 rings (SSSR count). The van der Waals surface area contributed by atoms with Gasteiger partial charge in [-0.05, 0) is 29.8 Å². The van der Waals surface area contributed by atoms with Crippen molar-refractivity contribution in [1.82, 2.24) is 5.43 Å². The average Bonchev–Trinajstić information content (AvgIpc) is 2.68. The molecule has 0 atom stereocenters. The summed E-state index contributed by atoms with van der Waals surface area (Å²) < 4.78 is 38.2. The Hall–Kier alpha value is -3.13. The molecule has 29 heavy (non-hydrogen) atoms. The van der Waals surface area contributed by atoms with Gasteiger partial charge >= 0.3 is 6.18 Å². The van der Waals surface area contributed by atoms with Gasteiger partial charge in [-0.15, -0.1) is 0 Å². The highest BCUT2D eigenvalue weighted by molar-refractivity contribution is 6.33. The number of hydrogen-bond acceptors (Lipinski definition) is 3. The van der Waals surface area contributed by atoms with Crippen molar-refractivity contribution in [3.8, 4) is 0 Å². The minimum absolute atomic E-state index is 0.0365. The van der Waals surface area contributed by atoms with Crippen LogP contribution in [0.25, 0.3) is 6.08 Å². The van der Waals surface area contributed by atoms with Crippen LogP contribution in [0.3, 0.4) is 0 Å². The molecule has 0 aliphatic carbocycles. The summed E-state index contributed by atoms with van der Waals surface area (Å²) in [6.45, 7) is 0. The third-order valence-corrected chi connectivity index (χ3v) is 3.91. The molecule has 0 heterocycles. The first kappa shape index (κ1) is 22.2. The van der Waals surface area contributed by atoms with E-state index in [0.717, 1.165) is 23.8 Å². The Kier molecular flexibility index (Phi) is 7.97. The SMILES string of the molecule is O=C(CCC(=O)Nc1cc(C(F)(F)F)ccc1Cl)N/N=C\C=C\c1ccccc1. The molecular formula is C20H17ClF3N3O2. The Morgan fingerprint density at radius 2 is 1.72 bits per heavy atom. The van der Waals surface area contributed by atoms with E-state index in [1.807, 2.05) is 30.3 Å². The maximum atomic E-state index is 12.7. The summed E-state index contributed by atoms with van der Waals surface area (Å²) >= 11 is 5.81. The van der Waals surface area contributed by atoms with Crippen molar-refractivity contribution in [3.05, 3.63) is 70.8 Å². The molecule has 0 saturated heterocycles. The van der Waals surface area contributed by atoms with Crippen molar-refractivity contribution in [2.45, 2.75) is 19.0 Å². The van der Waals surface area contributed by atoms with Crippen molar-refractivity contribution in [1.29, 1.82) is 0 Å². The molecule has 0 aromatic heterocycles. The lowest BCUT2D eigenvalue weighted by Gasteiger charge is -2.11. The molecule has 2 aromatic rings. The second-order valence-corrected chi connectivity index (χ2v) is 6.23. The predicted molar refractivity (Wildman–Crippen MR) is 106 cm³/mol. The van der Waals surface area contributed by atoms with E-state index in [1.54, 1.807) is 12.2 Å². The average molecular weight is 424 g/mol. The number of allylic oxidation sites excluding steroid dienone is 1. The third-order valence-electron chi connectivity index (χ3n) is 3.58. The smallest absolute Gasteiger partial charge is 0.325 e. The van der Waals surface area contributed by atoms with E-state index in [2.05, 4.69) is 15.8 Å². The largest absolute Gasteiger partial charge is 0.416 e. The lowest BCUT2D eigenvalue weighted by Crippen LogP contribution is -2.20. The Balaban J connectivity index is 1.78. The van der Waals surface area contributed by atoms with Gasteiger partial charge in [0.1, 0.15) is 0 Å². The fourth-order valence-electron chi connectivity index (χ4n) is 2.16. The fourth-order valence-corrected chi connectivity index (χ4v) is 2.33. The van der Waals surface area contributed by atoms with Gasteiger partial charge in [0.05, 0.1) is 16.3 Å². The fraction of sp³-hybridized carbons (Fsp3) is 0.150. The van der Waals surface area contributed by atoms with Crippen molar-refractivity contribution in [3.63, 3.8) is 0 Å². The van der Waals surface area contributed by atoms with Crippen LogP contribution >= 0.6 is 11.6 Å². The maximum absolute atomic E-state index is 12.7. The highest BCUT2D eigenvalue weighted by Gasteiger charge is 2.31. The van der Waals surface area contributed by atoms with Gasteiger partial charge in [-0.3, -0.25) is 9.59 Å². The molecule has 0 bridgehead atoms. The molecule has 152 valence electrons. The first-order valence-electron chi connectivity index (χ1n) is 8.46. The number of alkyl halides is 3. The maximum Gasteiger partial charge on any atom is 0.416 e. The number of amides is 2. The van der Waals surface area contributed by atoms with Gasteiger partial charge in [-0.1, -0.05) is 48.0 Å². The van der Waals surface area contributed by atoms with E-state index in [1.165, 1.54) is 6.21 Å². The molecule has 0 radical (unpaired) electrons. The topological polar surface area (TPSA) is 70.6 Å². The summed E-state index contributed by atoms with van der Waals surface area (Å²) in [4.78, 5) is 23.6. The van der Waals surface area contributed by atoms with Crippen molar-refractivity contribution < 1.29 is 22.8 Å². The van der Waals surface area contributed by atoms with E-state index in [9.17, 15) is 22.8 Å². The van der Waals surface area contributed by atoms with E-state index >= 15 is 0 Å². The number of hydrazone groups is 1. The molecule has 0 spiro atoms. The molecule has 0 fully saturated rings. The summed E-state index contributed by atoms with van der Waals surface area (Å²) in [5.41, 5.74) is 2.11. The standard InChI is InChI=1S/C20H17ClF3N3O2/c21-16-9-8-15(20(22,23)24)13-17(16)26-18(28)10-11-19(29)27-25-12-4-7-14-5-2-1-3-6-14/h1-9,12-13H,10-11H2,(H,26,28)(H,27,29)/b7-4+,25-12-. The summed E-state index contributed by atoms with van der Waals surface area (Å²) in [7, 11) is 0. The van der Waals surface area contributed by atoms with Crippen molar-refractivity contribution in [2.24, 2.45) is 5.10 Å². The zero-order chi connectivity index (χ0) is 21.3. The van der Waals surface area contributed by atoms with Gasteiger partial charge in [0, 0.05) is 19.1 Å². The van der Waals surface area contributed by atoms with E-state index in [0.29, 0.717) is 0 Å². The number of benzene rings is 2. The van der Waals surface area contributed by atoms with E-state index in [-0.39, 0.29) is 23.6 Å². The Labute approximate surface area is 170 Å². The third kappa shape index (κ3) is 7.79. The lowest BCUT2D eigenvalue weighted by molar-refractivity contribution is -0.137. The van der Waals surface area contributed by atoms with Gasteiger partial charge in [0.25, 0.3) is 0 Å².